The van der Waals surface area contributed by atoms with Crippen LogP contribution in [0.5, 0.6) is 11.6 Å². The van der Waals surface area contributed by atoms with Gasteiger partial charge < -0.3 is 10.1 Å². The van der Waals surface area contributed by atoms with Gasteiger partial charge in [-0.05, 0) is 25.1 Å². The van der Waals surface area contributed by atoms with Gasteiger partial charge in [-0.15, -0.1) is 0 Å². The van der Waals surface area contributed by atoms with E-state index >= 15 is 0 Å². The highest BCUT2D eigenvalue weighted by Gasteiger charge is 2.11. The van der Waals surface area contributed by atoms with Crippen molar-refractivity contribution in [3.8, 4) is 11.6 Å². The minimum Gasteiger partial charge on any atom is -0.439 e. The van der Waals surface area contributed by atoms with E-state index < -0.39 is 0 Å². The molecule has 110 valence electrons. The summed E-state index contributed by atoms with van der Waals surface area (Å²) in [6.07, 6.45) is 3.04. The summed E-state index contributed by atoms with van der Waals surface area (Å²) in [7, 11) is 0. The molecule has 6 nitrogen and oxygen atoms in total. The lowest BCUT2D eigenvalue weighted by atomic mass is 10.2. The lowest BCUT2D eigenvalue weighted by Crippen LogP contribution is -2.12. The SMILES string of the molecule is Cc1[nH]ncc1C(=O)Nc1ccc(Oc2ccccc2)nc1. The van der Waals surface area contributed by atoms with E-state index in [-0.39, 0.29) is 5.91 Å². The number of nitrogens with one attached hydrogen (secondary N) is 2. The standard InChI is InChI=1S/C16H14N4O2/c1-11-14(10-18-20-11)16(21)19-12-7-8-15(17-9-12)22-13-5-3-2-4-6-13/h2-10H,1H3,(H,18,20)(H,19,21). The normalized spacial score (nSPS) is 10.2. The number of H-pyrrole nitrogens is 1. The van der Waals surface area contributed by atoms with Crippen molar-refractivity contribution in [1.29, 1.82) is 0 Å². The van der Waals surface area contributed by atoms with E-state index in [1.54, 1.807) is 25.3 Å². The number of anilines is 1. The van der Waals surface area contributed by atoms with Crippen molar-refractivity contribution in [3.05, 3.63) is 66.1 Å². The number of pyridine rings is 1. The fourth-order valence-electron chi connectivity index (χ4n) is 1.90. The molecule has 2 N–H and O–H groups in total. The summed E-state index contributed by atoms with van der Waals surface area (Å²) in [5.41, 5.74) is 1.81. The first-order valence-corrected chi connectivity index (χ1v) is 6.72. The van der Waals surface area contributed by atoms with Crippen LogP contribution in [-0.2, 0) is 0 Å². The van der Waals surface area contributed by atoms with Gasteiger partial charge in [0.2, 0.25) is 5.88 Å². The molecule has 0 fully saturated rings. The summed E-state index contributed by atoms with van der Waals surface area (Å²) >= 11 is 0. The van der Waals surface area contributed by atoms with Gasteiger partial charge >= 0.3 is 0 Å². The summed E-state index contributed by atoms with van der Waals surface area (Å²) in [4.78, 5) is 16.2. The van der Waals surface area contributed by atoms with E-state index in [4.69, 9.17) is 4.74 Å². The van der Waals surface area contributed by atoms with E-state index in [0.717, 1.165) is 5.69 Å². The number of para-hydroxylation sites is 1. The number of aromatic amines is 1. The molecule has 0 spiro atoms. The predicted molar refractivity (Wildman–Crippen MR) is 82.0 cm³/mol. The highest BCUT2D eigenvalue weighted by Crippen LogP contribution is 2.20. The number of hydrogen-bond acceptors (Lipinski definition) is 4. The van der Waals surface area contributed by atoms with E-state index in [9.17, 15) is 4.79 Å². The molecular weight excluding hydrogens is 280 g/mol. The zero-order chi connectivity index (χ0) is 15.4. The largest absolute Gasteiger partial charge is 0.439 e. The number of nitrogens with zero attached hydrogens (tertiary/aromatic N) is 2. The van der Waals surface area contributed by atoms with Crippen LogP contribution in [-0.4, -0.2) is 21.1 Å². The van der Waals surface area contributed by atoms with Crippen molar-refractivity contribution in [2.75, 3.05) is 5.32 Å². The lowest BCUT2D eigenvalue weighted by molar-refractivity contribution is 0.102. The number of hydrogen-bond donors (Lipinski definition) is 2. The van der Waals surface area contributed by atoms with Gasteiger partial charge in [-0.3, -0.25) is 9.89 Å². The quantitative estimate of drug-likeness (QED) is 0.774. The maximum absolute atomic E-state index is 12.0. The van der Waals surface area contributed by atoms with Crippen LogP contribution in [0.1, 0.15) is 16.1 Å². The number of amides is 1. The fourth-order valence-corrected chi connectivity index (χ4v) is 1.90. The molecule has 0 aliphatic heterocycles. The Morgan fingerprint density at radius 2 is 1.95 bits per heavy atom. The number of rotatable bonds is 4. The van der Waals surface area contributed by atoms with Gasteiger partial charge in [0, 0.05) is 11.8 Å². The van der Waals surface area contributed by atoms with Crippen LogP contribution in [0, 0.1) is 6.92 Å². The predicted octanol–water partition coefficient (Wildman–Crippen LogP) is 3.16. The zero-order valence-electron chi connectivity index (χ0n) is 11.9. The third-order valence-corrected chi connectivity index (χ3v) is 3.03. The molecule has 0 unspecified atom stereocenters. The molecule has 2 heterocycles. The zero-order valence-corrected chi connectivity index (χ0v) is 11.9. The molecular formula is C16H14N4O2. The van der Waals surface area contributed by atoms with Crippen LogP contribution in [0.3, 0.4) is 0 Å². The van der Waals surface area contributed by atoms with Crippen molar-refractivity contribution in [2.45, 2.75) is 6.92 Å². The van der Waals surface area contributed by atoms with Crippen molar-refractivity contribution < 1.29 is 9.53 Å². The Hall–Kier alpha value is -3.15. The van der Waals surface area contributed by atoms with Crippen molar-refractivity contribution in [3.63, 3.8) is 0 Å². The number of carbonyl (C=O) groups is 1. The van der Waals surface area contributed by atoms with E-state index in [0.29, 0.717) is 22.9 Å². The molecule has 1 aromatic carbocycles. The smallest absolute Gasteiger partial charge is 0.259 e. The topological polar surface area (TPSA) is 79.9 Å². The molecule has 6 heteroatoms. The second-order valence-electron chi connectivity index (χ2n) is 4.66. The summed E-state index contributed by atoms with van der Waals surface area (Å²) in [5.74, 6) is 0.939. The number of aryl methyl sites for hydroxylation is 1. The molecule has 0 atom stereocenters. The van der Waals surface area contributed by atoms with Gasteiger partial charge in [0.1, 0.15) is 5.75 Å². The Morgan fingerprint density at radius 1 is 1.14 bits per heavy atom. The third-order valence-electron chi connectivity index (χ3n) is 3.03. The molecule has 0 radical (unpaired) electrons. The van der Waals surface area contributed by atoms with Crippen LogP contribution in [0.2, 0.25) is 0 Å². The van der Waals surface area contributed by atoms with Gasteiger partial charge in [0.05, 0.1) is 23.6 Å². The monoisotopic (exact) mass is 294 g/mol. The fraction of sp³-hybridized carbons (Fsp3) is 0.0625. The van der Waals surface area contributed by atoms with Gasteiger partial charge in [-0.25, -0.2) is 4.98 Å². The number of carbonyl (C=O) groups excluding carboxylic acids is 1. The molecule has 0 saturated carbocycles. The Labute approximate surface area is 127 Å². The van der Waals surface area contributed by atoms with Gasteiger partial charge in [0.15, 0.2) is 0 Å². The van der Waals surface area contributed by atoms with Crippen molar-refractivity contribution in [1.82, 2.24) is 15.2 Å². The summed E-state index contributed by atoms with van der Waals surface area (Å²) in [5, 5.41) is 9.31. The maximum Gasteiger partial charge on any atom is 0.259 e. The molecule has 0 aliphatic carbocycles. The molecule has 22 heavy (non-hydrogen) atoms. The van der Waals surface area contributed by atoms with Gasteiger partial charge in [-0.1, -0.05) is 18.2 Å². The highest BCUT2D eigenvalue weighted by molar-refractivity contribution is 6.04. The van der Waals surface area contributed by atoms with Crippen LogP contribution in [0.15, 0.2) is 54.9 Å². The van der Waals surface area contributed by atoms with Crippen molar-refractivity contribution >= 4 is 11.6 Å². The average molecular weight is 294 g/mol. The first kappa shape index (κ1) is 13.8. The van der Waals surface area contributed by atoms with Crippen LogP contribution >= 0.6 is 0 Å². The molecule has 0 bridgehead atoms. The summed E-state index contributed by atoms with van der Waals surface area (Å²) < 4.78 is 5.59. The van der Waals surface area contributed by atoms with Crippen LogP contribution < -0.4 is 10.1 Å². The average Bonchev–Trinajstić information content (AvgIpc) is 2.96. The number of ether oxygens (including phenoxy) is 1. The molecule has 0 aliphatic rings. The lowest BCUT2D eigenvalue weighted by Gasteiger charge is -2.06. The van der Waals surface area contributed by atoms with Gasteiger partial charge in [0.25, 0.3) is 5.91 Å². The molecule has 2 aromatic heterocycles. The number of benzene rings is 1. The third kappa shape index (κ3) is 3.12. The Morgan fingerprint density at radius 3 is 2.59 bits per heavy atom. The van der Waals surface area contributed by atoms with E-state index in [1.165, 1.54) is 6.20 Å². The Balaban J connectivity index is 1.67. The highest BCUT2D eigenvalue weighted by atomic mass is 16.5. The first-order chi connectivity index (χ1) is 10.7. The van der Waals surface area contributed by atoms with E-state index in [2.05, 4.69) is 20.5 Å². The second-order valence-corrected chi connectivity index (χ2v) is 4.66. The number of aromatic nitrogens is 3. The molecule has 3 rings (SSSR count). The molecule has 1 amide bonds. The Bertz CT molecular complexity index is 766. The summed E-state index contributed by atoms with van der Waals surface area (Å²) in [6.45, 7) is 1.79. The molecule has 3 aromatic rings. The van der Waals surface area contributed by atoms with E-state index in [1.807, 2.05) is 30.3 Å². The minimum atomic E-state index is -0.232. The minimum absolute atomic E-state index is 0.232. The van der Waals surface area contributed by atoms with Crippen molar-refractivity contribution in [2.24, 2.45) is 0 Å². The van der Waals surface area contributed by atoms with Crippen LogP contribution in [0.4, 0.5) is 5.69 Å². The summed E-state index contributed by atoms with van der Waals surface area (Å²) in [6, 6.07) is 12.8. The molecule has 0 saturated heterocycles. The first-order valence-electron chi connectivity index (χ1n) is 6.72. The maximum atomic E-state index is 12.0. The Kier molecular flexibility index (Phi) is 3.82. The van der Waals surface area contributed by atoms with Gasteiger partial charge in [-0.2, -0.15) is 5.10 Å². The van der Waals surface area contributed by atoms with Crippen LogP contribution in [0.25, 0.3) is 0 Å². The second kappa shape index (κ2) is 6.09.